The van der Waals surface area contributed by atoms with E-state index in [0.717, 1.165) is 117 Å². The van der Waals surface area contributed by atoms with Gasteiger partial charge in [0.2, 0.25) is 20.0 Å². The summed E-state index contributed by atoms with van der Waals surface area (Å²) in [5.74, 6) is 0.523. The van der Waals surface area contributed by atoms with Gasteiger partial charge in [0.25, 0.3) is 0 Å². The molecule has 0 aromatic heterocycles. The normalized spacial score (nSPS) is 12.0. The number of halogens is 1. The lowest BCUT2D eigenvalue weighted by atomic mass is 10.0. The van der Waals surface area contributed by atoms with Crippen molar-refractivity contribution in [3.8, 4) is 0 Å². The first kappa shape index (κ1) is 65.0. The number of nitrogens with one attached hydrogen (secondary N) is 6. The first-order valence-corrected chi connectivity index (χ1v) is 30.4. The van der Waals surface area contributed by atoms with Gasteiger partial charge in [0.05, 0.1) is 11.5 Å². The zero-order valence-electron chi connectivity index (χ0n) is 41.8. The Morgan fingerprint density at radius 2 is 0.429 bits per heavy atom. The molecule has 0 saturated heterocycles. The van der Waals surface area contributed by atoms with Crippen molar-refractivity contribution in [1.82, 2.24) is 30.7 Å². The van der Waals surface area contributed by atoms with E-state index in [4.69, 9.17) is 0 Å². The zero-order valence-corrected chi connectivity index (χ0v) is 44.2. The minimum absolute atomic E-state index is 0. The smallest absolute Gasteiger partial charge is 0.211 e. The van der Waals surface area contributed by atoms with Crippen LogP contribution >= 0.6 is 12.4 Å². The molecule has 0 aliphatic heterocycles. The molecule has 63 heavy (non-hydrogen) atoms. The van der Waals surface area contributed by atoms with Crippen LogP contribution in [0.1, 0.15) is 245 Å². The van der Waals surface area contributed by atoms with Crippen LogP contribution in [-0.2, 0) is 20.0 Å². The summed E-state index contributed by atoms with van der Waals surface area (Å²) < 4.78 is 54.7. The van der Waals surface area contributed by atoms with E-state index < -0.39 is 20.0 Å². The molecular formula is C50H109ClN6O4S2. The van der Waals surface area contributed by atoms with Crippen molar-refractivity contribution in [2.75, 3.05) is 77.0 Å². The maximum Gasteiger partial charge on any atom is 0.211 e. The topological polar surface area (TPSA) is 140 Å². The van der Waals surface area contributed by atoms with Crippen LogP contribution in [0.15, 0.2) is 0 Å². The monoisotopic (exact) mass is 957 g/mol. The van der Waals surface area contributed by atoms with Gasteiger partial charge >= 0.3 is 0 Å². The van der Waals surface area contributed by atoms with Gasteiger partial charge in [0.1, 0.15) is 0 Å². The molecule has 0 saturated carbocycles. The number of hydrogen-bond donors (Lipinski definition) is 6. The fourth-order valence-corrected chi connectivity index (χ4v) is 10.4. The first-order chi connectivity index (χ1) is 30.3. The third-order valence-electron chi connectivity index (χ3n) is 12.1. The Bertz CT molecular complexity index is 1010. The second-order valence-electron chi connectivity index (χ2n) is 18.4. The minimum Gasteiger partial charge on any atom is -0.317 e. The molecule has 13 heteroatoms. The molecule has 10 nitrogen and oxygen atoms in total. The Morgan fingerprint density at radius 1 is 0.238 bits per heavy atom. The van der Waals surface area contributed by atoms with Crippen LogP contribution in [0.3, 0.4) is 0 Å². The van der Waals surface area contributed by atoms with Gasteiger partial charge in [0, 0.05) is 13.1 Å². The molecule has 382 valence electrons. The highest BCUT2D eigenvalue weighted by Gasteiger charge is 2.10. The molecule has 0 radical (unpaired) electrons. The molecular weight excluding hydrogens is 848 g/mol. The fourth-order valence-electron chi connectivity index (χ4n) is 8.03. The molecule has 0 heterocycles. The maximum absolute atomic E-state index is 12.3. The lowest BCUT2D eigenvalue weighted by Gasteiger charge is -2.09. The molecule has 0 unspecified atom stereocenters. The predicted octanol–water partition coefficient (Wildman–Crippen LogP) is 11.7. The fraction of sp³-hybridized carbons (Fsp3) is 1.00. The van der Waals surface area contributed by atoms with Crippen molar-refractivity contribution >= 4 is 32.5 Å². The summed E-state index contributed by atoms with van der Waals surface area (Å²) in [7, 11) is -6.29. The van der Waals surface area contributed by atoms with Crippen molar-refractivity contribution in [3.63, 3.8) is 0 Å². The molecule has 0 aliphatic rings. The van der Waals surface area contributed by atoms with Crippen LogP contribution in [0.2, 0.25) is 0 Å². The summed E-state index contributed by atoms with van der Waals surface area (Å²) in [5, 5.41) is 14.0. The van der Waals surface area contributed by atoms with E-state index in [1.807, 2.05) is 0 Å². The van der Waals surface area contributed by atoms with Gasteiger partial charge in [-0.2, -0.15) is 0 Å². The Kier molecular flexibility index (Phi) is 54.6. The van der Waals surface area contributed by atoms with Crippen molar-refractivity contribution < 1.29 is 16.8 Å². The van der Waals surface area contributed by atoms with Gasteiger partial charge in [-0.05, 0) is 104 Å². The lowest BCUT2D eigenvalue weighted by molar-refractivity contribution is 0.533. The Hall–Kier alpha value is -0.0500. The van der Waals surface area contributed by atoms with Gasteiger partial charge in [-0.25, -0.2) is 26.3 Å². The summed E-state index contributed by atoms with van der Waals surface area (Å²) >= 11 is 0. The molecule has 0 aromatic carbocycles. The standard InChI is InChI=1S/C50H108N6O4S2.ClH/c1-3-5-7-9-11-13-15-17-19-21-23-25-29-33-49-61(57,58)55-47-37-45-53-43-35-41-51-39-31-27-28-32-40-52-42-36-44-54-46-38-48-56-62(59,60)50-34-30-26-24-22-20-18-16-14-12-10-8-6-4-2;/h51-56H,3-50H2,1-2H3;1H. The van der Waals surface area contributed by atoms with Crippen molar-refractivity contribution in [3.05, 3.63) is 0 Å². The minimum atomic E-state index is -3.14. The van der Waals surface area contributed by atoms with E-state index in [2.05, 4.69) is 44.6 Å². The largest absolute Gasteiger partial charge is 0.317 e. The molecule has 0 rings (SSSR count). The van der Waals surface area contributed by atoms with E-state index in [-0.39, 0.29) is 23.9 Å². The van der Waals surface area contributed by atoms with Crippen LogP contribution in [0.4, 0.5) is 0 Å². The average molecular weight is 958 g/mol. The summed E-state index contributed by atoms with van der Waals surface area (Å²) in [4.78, 5) is 0. The van der Waals surface area contributed by atoms with Crippen LogP contribution in [-0.4, -0.2) is 93.8 Å². The van der Waals surface area contributed by atoms with Crippen molar-refractivity contribution in [2.24, 2.45) is 0 Å². The van der Waals surface area contributed by atoms with Gasteiger partial charge in [-0.1, -0.05) is 194 Å². The van der Waals surface area contributed by atoms with E-state index in [0.29, 0.717) is 13.1 Å². The van der Waals surface area contributed by atoms with Crippen LogP contribution in [0.25, 0.3) is 0 Å². The third kappa shape index (κ3) is 56.2. The van der Waals surface area contributed by atoms with E-state index in [9.17, 15) is 16.8 Å². The van der Waals surface area contributed by atoms with E-state index >= 15 is 0 Å². The lowest BCUT2D eigenvalue weighted by Crippen LogP contribution is -2.30. The van der Waals surface area contributed by atoms with Gasteiger partial charge < -0.3 is 21.3 Å². The summed E-state index contributed by atoms with van der Waals surface area (Å²) in [6.07, 6.45) is 44.5. The Balaban J connectivity index is 0. The maximum atomic E-state index is 12.3. The van der Waals surface area contributed by atoms with Gasteiger partial charge in [0.15, 0.2) is 0 Å². The number of unbranched alkanes of at least 4 members (excludes halogenated alkanes) is 29. The SMILES string of the molecule is CCCCCCCCCCCCCCCCS(=O)(=O)NCCCNCCCNCCCCCCNCCCNCCCNS(=O)(=O)CCCCCCCCCCCCCCCC.Cl. The third-order valence-corrected chi connectivity index (χ3v) is 15.0. The summed E-state index contributed by atoms with van der Waals surface area (Å²) in [5.41, 5.74) is 0. The molecule has 0 amide bonds. The molecule has 0 fully saturated rings. The summed E-state index contributed by atoms with van der Waals surface area (Å²) in [6.45, 7) is 13.4. The number of hydrogen-bond acceptors (Lipinski definition) is 8. The first-order valence-electron chi connectivity index (χ1n) is 27.1. The predicted molar refractivity (Wildman–Crippen MR) is 280 cm³/mol. The molecule has 6 N–H and O–H groups in total. The van der Waals surface area contributed by atoms with E-state index in [1.54, 1.807) is 0 Å². The summed E-state index contributed by atoms with van der Waals surface area (Å²) in [6, 6.07) is 0. The average Bonchev–Trinajstić information content (AvgIpc) is 3.25. The Labute approximate surface area is 400 Å². The quantitative estimate of drug-likeness (QED) is 0.0331. The van der Waals surface area contributed by atoms with Gasteiger partial charge in [-0.15, -0.1) is 12.4 Å². The second-order valence-corrected chi connectivity index (χ2v) is 22.3. The van der Waals surface area contributed by atoms with Crippen molar-refractivity contribution in [1.29, 1.82) is 0 Å². The number of rotatable bonds is 55. The zero-order chi connectivity index (χ0) is 45.2. The molecule has 0 aromatic rings. The van der Waals surface area contributed by atoms with Crippen molar-refractivity contribution in [2.45, 2.75) is 245 Å². The van der Waals surface area contributed by atoms with Crippen LogP contribution < -0.4 is 30.7 Å². The highest BCUT2D eigenvalue weighted by atomic mass is 35.5. The molecule has 0 bridgehead atoms. The van der Waals surface area contributed by atoms with Gasteiger partial charge in [-0.3, -0.25) is 0 Å². The highest BCUT2D eigenvalue weighted by Crippen LogP contribution is 2.15. The van der Waals surface area contributed by atoms with Crippen LogP contribution in [0, 0.1) is 0 Å². The molecule has 0 spiro atoms. The van der Waals surface area contributed by atoms with Crippen LogP contribution in [0.5, 0.6) is 0 Å². The van der Waals surface area contributed by atoms with E-state index in [1.165, 1.54) is 167 Å². The molecule has 0 atom stereocenters. The second kappa shape index (κ2) is 52.9. The highest BCUT2D eigenvalue weighted by molar-refractivity contribution is 7.89. The molecule has 0 aliphatic carbocycles. The number of sulfonamides is 2. The Morgan fingerprint density at radius 3 is 0.683 bits per heavy atom.